The number of aromatic nitrogens is 4. The second-order valence-electron chi connectivity index (χ2n) is 7.88. The molecule has 6 nitrogen and oxygen atoms in total. The molecule has 0 spiro atoms. The van der Waals surface area contributed by atoms with Gasteiger partial charge in [0.15, 0.2) is 11.0 Å². The van der Waals surface area contributed by atoms with Gasteiger partial charge in [-0.25, -0.2) is 4.98 Å². The van der Waals surface area contributed by atoms with Gasteiger partial charge in [0, 0.05) is 5.92 Å². The van der Waals surface area contributed by atoms with E-state index in [1.165, 1.54) is 11.8 Å². The van der Waals surface area contributed by atoms with Crippen molar-refractivity contribution < 1.29 is 4.52 Å². The summed E-state index contributed by atoms with van der Waals surface area (Å²) in [6.45, 7) is 4.26. The van der Waals surface area contributed by atoms with Gasteiger partial charge < -0.3 is 4.52 Å². The Kier molecular flexibility index (Phi) is 4.90. The number of benzene rings is 2. The third-order valence-electron chi connectivity index (χ3n) is 5.29. The number of thioether (sulfide) groups is 1. The highest BCUT2D eigenvalue weighted by Crippen LogP contribution is 2.39. The lowest BCUT2D eigenvalue weighted by Gasteiger charge is -2.18. The van der Waals surface area contributed by atoms with Crippen molar-refractivity contribution in [1.82, 2.24) is 19.7 Å². The molecule has 0 amide bonds. The fourth-order valence-electron chi connectivity index (χ4n) is 3.55. The second kappa shape index (κ2) is 7.72. The molecule has 2 heterocycles. The molecule has 2 aromatic carbocycles. The summed E-state index contributed by atoms with van der Waals surface area (Å²) in [6, 6.07) is 15.5. The Balaban J connectivity index is 1.60. The lowest BCUT2D eigenvalue weighted by atomic mass is 10.0. The predicted octanol–water partition coefficient (Wildman–Crippen LogP) is 5.06. The molecule has 0 radical (unpaired) electrons. The largest absolute Gasteiger partial charge is 0.339 e. The summed E-state index contributed by atoms with van der Waals surface area (Å²) in [5.41, 5.74) is 2.59. The zero-order chi connectivity index (χ0) is 20.7. The van der Waals surface area contributed by atoms with Crippen molar-refractivity contribution in [2.75, 3.05) is 0 Å². The lowest BCUT2D eigenvalue weighted by Crippen LogP contribution is -2.23. The fourth-order valence-corrected chi connectivity index (χ4v) is 4.40. The molecule has 2 aromatic heterocycles. The molecule has 0 aliphatic heterocycles. The van der Waals surface area contributed by atoms with Crippen LogP contribution in [0.1, 0.15) is 55.8 Å². The summed E-state index contributed by atoms with van der Waals surface area (Å²) in [7, 11) is 0. The SMILES string of the molecule is CC(C)c1ccccc1-n1c(SCc2noc(C3CC3)n2)nc2ccccc2c1=O. The van der Waals surface area contributed by atoms with Crippen molar-refractivity contribution in [2.24, 2.45) is 0 Å². The molecule has 0 bridgehead atoms. The highest BCUT2D eigenvalue weighted by molar-refractivity contribution is 7.98. The summed E-state index contributed by atoms with van der Waals surface area (Å²) in [5.74, 6) is 2.54. The van der Waals surface area contributed by atoms with Crippen LogP contribution in [0, 0.1) is 0 Å². The van der Waals surface area contributed by atoms with Crippen LogP contribution < -0.4 is 5.56 Å². The van der Waals surface area contributed by atoms with Gasteiger partial charge in [0.2, 0.25) is 5.89 Å². The molecule has 0 saturated heterocycles. The van der Waals surface area contributed by atoms with Crippen LogP contribution in [-0.2, 0) is 5.75 Å². The highest BCUT2D eigenvalue weighted by atomic mass is 32.2. The average Bonchev–Trinajstić information content (AvgIpc) is 3.50. The maximum atomic E-state index is 13.5. The molecule has 1 fully saturated rings. The van der Waals surface area contributed by atoms with E-state index in [0.717, 1.165) is 30.0 Å². The third-order valence-corrected chi connectivity index (χ3v) is 6.22. The first-order chi connectivity index (χ1) is 14.6. The summed E-state index contributed by atoms with van der Waals surface area (Å²) in [6.07, 6.45) is 2.24. The van der Waals surface area contributed by atoms with E-state index < -0.39 is 0 Å². The topological polar surface area (TPSA) is 73.8 Å². The van der Waals surface area contributed by atoms with Crippen molar-refractivity contribution >= 4 is 22.7 Å². The van der Waals surface area contributed by atoms with Crippen molar-refractivity contribution in [2.45, 2.75) is 49.4 Å². The summed E-state index contributed by atoms with van der Waals surface area (Å²) < 4.78 is 7.10. The number of rotatable bonds is 6. The predicted molar refractivity (Wildman–Crippen MR) is 117 cm³/mol. The molecule has 30 heavy (non-hydrogen) atoms. The minimum atomic E-state index is -0.0667. The van der Waals surface area contributed by atoms with Crippen LogP contribution in [0.4, 0.5) is 0 Å². The van der Waals surface area contributed by atoms with Crippen LogP contribution in [0.3, 0.4) is 0 Å². The first kappa shape index (κ1) is 19.1. The monoisotopic (exact) mass is 418 g/mol. The molecule has 1 aliphatic carbocycles. The molecule has 1 aliphatic rings. The van der Waals surface area contributed by atoms with E-state index in [1.54, 1.807) is 4.57 Å². The Morgan fingerprint density at radius 2 is 1.87 bits per heavy atom. The van der Waals surface area contributed by atoms with Crippen LogP contribution in [0.25, 0.3) is 16.6 Å². The van der Waals surface area contributed by atoms with Gasteiger partial charge in [0.05, 0.1) is 22.3 Å². The molecule has 5 rings (SSSR count). The van der Waals surface area contributed by atoms with Gasteiger partial charge in [0.25, 0.3) is 5.56 Å². The maximum Gasteiger partial charge on any atom is 0.266 e. The zero-order valence-corrected chi connectivity index (χ0v) is 17.7. The van der Waals surface area contributed by atoms with Gasteiger partial charge in [-0.2, -0.15) is 4.98 Å². The number of fused-ring (bicyclic) bond motifs is 1. The van der Waals surface area contributed by atoms with Gasteiger partial charge >= 0.3 is 0 Å². The zero-order valence-electron chi connectivity index (χ0n) is 16.9. The van der Waals surface area contributed by atoms with Gasteiger partial charge in [-0.15, -0.1) is 0 Å². The molecule has 0 atom stereocenters. The Hall–Kier alpha value is -2.93. The molecule has 7 heteroatoms. The van der Waals surface area contributed by atoms with Crippen LogP contribution in [0.2, 0.25) is 0 Å². The Labute approximate surface area is 178 Å². The Morgan fingerprint density at radius 3 is 2.67 bits per heavy atom. The average molecular weight is 419 g/mol. The van der Waals surface area contributed by atoms with E-state index in [4.69, 9.17) is 9.51 Å². The van der Waals surface area contributed by atoms with Crippen LogP contribution in [0.5, 0.6) is 0 Å². The van der Waals surface area contributed by atoms with Crippen molar-refractivity contribution in [3.63, 3.8) is 0 Å². The fraction of sp³-hybridized carbons (Fsp3) is 0.304. The number of hydrogen-bond acceptors (Lipinski definition) is 6. The van der Waals surface area contributed by atoms with Gasteiger partial charge in [-0.3, -0.25) is 9.36 Å². The summed E-state index contributed by atoms with van der Waals surface area (Å²) in [5, 5.41) is 5.34. The first-order valence-electron chi connectivity index (χ1n) is 10.2. The molecule has 0 unspecified atom stereocenters. The molecular formula is C23H22N4O2S. The molecular weight excluding hydrogens is 396 g/mol. The van der Waals surface area contributed by atoms with Crippen LogP contribution in [-0.4, -0.2) is 19.7 Å². The Morgan fingerprint density at radius 1 is 1.10 bits per heavy atom. The van der Waals surface area contributed by atoms with Gasteiger partial charge in [-0.1, -0.05) is 61.1 Å². The van der Waals surface area contributed by atoms with E-state index in [1.807, 2.05) is 42.5 Å². The van der Waals surface area contributed by atoms with E-state index in [2.05, 4.69) is 30.1 Å². The quantitative estimate of drug-likeness (QED) is 0.322. The van der Waals surface area contributed by atoms with Crippen LogP contribution in [0.15, 0.2) is 63.0 Å². The van der Waals surface area contributed by atoms with Crippen LogP contribution >= 0.6 is 11.8 Å². The molecule has 1 saturated carbocycles. The van der Waals surface area contributed by atoms with Crippen molar-refractivity contribution in [1.29, 1.82) is 0 Å². The maximum absolute atomic E-state index is 13.5. The van der Waals surface area contributed by atoms with Crippen molar-refractivity contribution in [3.05, 3.63) is 76.2 Å². The van der Waals surface area contributed by atoms with E-state index >= 15 is 0 Å². The smallest absolute Gasteiger partial charge is 0.266 e. The normalized spacial score (nSPS) is 14.0. The number of nitrogens with zero attached hydrogens (tertiary/aromatic N) is 4. The van der Waals surface area contributed by atoms with Gasteiger partial charge in [0.1, 0.15) is 0 Å². The molecule has 0 N–H and O–H groups in total. The van der Waals surface area contributed by atoms with Crippen molar-refractivity contribution in [3.8, 4) is 5.69 Å². The van der Waals surface area contributed by atoms with Gasteiger partial charge in [-0.05, 0) is 42.5 Å². The first-order valence-corrected chi connectivity index (χ1v) is 11.2. The number of hydrogen-bond donors (Lipinski definition) is 0. The molecule has 4 aromatic rings. The minimum Gasteiger partial charge on any atom is -0.339 e. The standard InChI is InChI=1S/C23H22N4O2S/c1-14(2)16-7-4-6-10-19(16)27-22(28)17-8-3-5-9-18(17)24-23(27)30-13-20-25-21(29-26-20)15-11-12-15/h3-10,14-15H,11-13H2,1-2H3. The van der Waals surface area contributed by atoms with E-state index in [0.29, 0.717) is 33.6 Å². The number of para-hydroxylation sites is 2. The van der Waals surface area contributed by atoms with E-state index in [9.17, 15) is 4.79 Å². The summed E-state index contributed by atoms with van der Waals surface area (Å²) >= 11 is 1.46. The van der Waals surface area contributed by atoms with E-state index in [-0.39, 0.29) is 11.5 Å². The highest BCUT2D eigenvalue weighted by Gasteiger charge is 2.29. The summed E-state index contributed by atoms with van der Waals surface area (Å²) in [4.78, 5) is 22.8. The molecule has 152 valence electrons. The Bertz CT molecular complexity index is 1270. The third kappa shape index (κ3) is 3.54. The lowest BCUT2D eigenvalue weighted by molar-refractivity contribution is 0.375. The minimum absolute atomic E-state index is 0.0667. The second-order valence-corrected chi connectivity index (χ2v) is 8.82.